The minimum absolute atomic E-state index is 0.300. The van der Waals surface area contributed by atoms with E-state index in [1.807, 2.05) is 0 Å². The topological polar surface area (TPSA) is 105 Å². The van der Waals surface area contributed by atoms with Gasteiger partial charge in [0.15, 0.2) is 12.4 Å². The summed E-state index contributed by atoms with van der Waals surface area (Å²) in [7, 11) is 0. The minimum Gasteiger partial charge on any atom is -0.619 e. The molecule has 2 heterocycles. The summed E-state index contributed by atoms with van der Waals surface area (Å²) in [4.78, 5) is 28.3. The highest BCUT2D eigenvalue weighted by Crippen LogP contribution is 2.15. The highest BCUT2D eigenvalue weighted by molar-refractivity contribution is 6.04. The molecule has 0 saturated carbocycles. The van der Waals surface area contributed by atoms with E-state index in [0.29, 0.717) is 27.0 Å². The lowest BCUT2D eigenvalue weighted by Crippen LogP contribution is -2.25. The summed E-state index contributed by atoms with van der Waals surface area (Å²) in [6.45, 7) is 0. The van der Waals surface area contributed by atoms with Crippen LogP contribution in [-0.2, 0) is 0 Å². The smallest absolute Gasteiger partial charge is 0.323 e. The quantitative estimate of drug-likeness (QED) is 0.472. The fourth-order valence-electron chi connectivity index (χ4n) is 1.88. The number of pyridine rings is 1. The predicted octanol–water partition coefficient (Wildman–Crippen LogP) is 0.742. The van der Waals surface area contributed by atoms with Crippen LogP contribution in [0.15, 0.2) is 47.5 Å². The van der Waals surface area contributed by atoms with E-state index in [1.165, 1.54) is 24.5 Å². The van der Waals surface area contributed by atoms with E-state index in [4.69, 9.17) is 0 Å². The number of rotatable bonds is 2. The molecule has 0 unspecified atom stereocenters. The second-order valence-electron chi connectivity index (χ2n) is 4.24. The Morgan fingerprint density at radius 3 is 2.55 bits per heavy atom. The Morgan fingerprint density at radius 1 is 1.10 bits per heavy atom. The number of nitrogens with one attached hydrogen (secondary N) is 3. The average Bonchev–Trinajstić information content (AvgIpc) is 2.78. The number of H-pyrrole nitrogens is 2. The van der Waals surface area contributed by atoms with Gasteiger partial charge in [-0.25, -0.2) is 4.79 Å². The van der Waals surface area contributed by atoms with Crippen molar-refractivity contribution in [2.45, 2.75) is 0 Å². The van der Waals surface area contributed by atoms with Gasteiger partial charge >= 0.3 is 5.69 Å². The van der Waals surface area contributed by atoms with Gasteiger partial charge in [-0.3, -0.25) is 4.79 Å². The third-order valence-corrected chi connectivity index (χ3v) is 2.84. The van der Waals surface area contributed by atoms with Crippen LogP contribution in [0.2, 0.25) is 0 Å². The summed E-state index contributed by atoms with van der Waals surface area (Å²) in [5, 5.41) is 13.6. The minimum atomic E-state index is -0.331. The van der Waals surface area contributed by atoms with Crippen LogP contribution in [0, 0.1) is 5.21 Å². The van der Waals surface area contributed by atoms with Gasteiger partial charge in [-0.15, -0.1) is 0 Å². The Hall–Kier alpha value is -3.09. The standard InChI is InChI=1S/C13H10N4O3/c18-12(8-3-5-17(20)6-4-8)14-9-1-2-10-11(7-9)16-13(19)15-10/h1-7H,(H,14,18)(H2,15,16,19). The lowest BCUT2D eigenvalue weighted by molar-refractivity contribution is -0.605. The molecular formula is C13H10N4O3. The largest absolute Gasteiger partial charge is 0.619 e. The van der Waals surface area contributed by atoms with Gasteiger partial charge in [-0.2, -0.15) is 4.73 Å². The van der Waals surface area contributed by atoms with Crippen LogP contribution in [0.25, 0.3) is 11.0 Å². The molecule has 20 heavy (non-hydrogen) atoms. The molecule has 0 saturated heterocycles. The van der Waals surface area contributed by atoms with E-state index < -0.39 is 0 Å². The molecule has 100 valence electrons. The van der Waals surface area contributed by atoms with Crippen LogP contribution >= 0.6 is 0 Å². The van der Waals surface area contributed by atoms with E-state index in [9.17, 15) is 14.8 Å². The van der Waals surface area contributed by atoms with Gasteiger partial charge in [0.2, 0.25) is 0 Å². The van der Waals surface area contributed by atoms with Crippen LogP contribution in [-0.4, -0.2) is 15.9 Å². The number of fused-ring (bicyclic) bond motifs is 1. The molecule has 1 aromatic carbocycles. The number of carbonyl (C=O) groups excluding carboxylic acids is 1. The van der Waals surface area contributed by atoms with Crippen molar-refractivity contribution < 1.29 is 9.52 Å². The number of benzene rings is 1. The third-order valence-electron chi connectivity index (χ3n) is 2.84. The molecule has 3 N–H and O–H groups in total. The summed E-state index contributed by atoms with van der Waals surface area (Å²) in [5.74, 6) is -0.331. The number of hydrogen-bond donors (Lipinski definition) is 3. The van der Waals surface area contributed by atoms with Crippen LogP contribution < -0.4 is 15.7 Å². The number of aromatic nitrogens is 3. The molecule has 0 aliphatic heterocycles. The van der Waals surface area contributed by atoms with Crippen molar-refractivity contribution in [2.75, 3.05) is 5.32 Å². The molecule has 0 bridgehead atoms. The normalized spacial score (nSPS) is 10.6. The first kappa shape index (κ1) is 12.0. The molecule has 0 fully saturated rings. The maximum Gasteiger partial charge on any atom is 0.323 e. The van der Waals surface area contributed by atoms with Gasteiger partial charge in [-0.05, 0) is 18.2 Å². The fraction of sp³-hybridized carbons (Fsp3) is 0. The predicted molar refractivity (Wildman–Crippen MR) is 72.3 cm³/mol. The van der Waals surface area contributed by atoms with Crippen LogP contribution in [0.5, 0.6) is 0 Å². The highest BCUT2D eigenvalue weighted by atomic mass is 16.5. The van der Waals surface area contributed by atoms with Gasteiger partial charge < -0.3 is 20.5 Å². The first-order valence-corrected chi connectivity index (χ1v) is 5.84. The Kier molecular flexibility index (Phi) is 2.72. The van der Waals surface area contributed by atoms with Crippen molar-refractivity contribution in [1.82, 2.24) is 9.97 Å². The van der Waals surface area contributed by atoms with Crippen molar-refractivity contribution in [3.8, 4) is 0 Å². The molecule has 7 nitrogen and oxygen atoms in total. The number of hydrogen-bond acceptors (Lipinski definition) is 3. The number of nitrogens with zero attached hydrogens (tertiary/aromatic N) is 1. The molecular weight excluding hydrogens is 260 g/mol. The summed E-state index contributed by atoms with van der Waals surface area (Å²) in [6.07, 6.45) is 2.50. The van der Waals surface area contributed by atoms with Gasteiger partial charge in [0.25, 0.3) is 5.91 Å². The first-order chi connectivity index (χ1) is 9.61. The van der Waals surface area contributed by atoms with E-state index in [-0.39, 0.29) is 11.6 Å². The highest BCUT2D eigenvalue weighted by Gasteiger charge is 2.08. The number of imidazole rings is 1. The maximum atomic E-state index is 12.0. The molecule has 0 aliphatic carbocycles. The van der Waals surface area contributed by atoms with Crippen LogP contribution in [0.4, 0.5) is 5.69 Å². The van der Waals surface area contributed by atoms with E-state index in [2.05, 4.69) is 15.3 Å². The van der Waals surface area contributed by atoms with E-state index in [1.54, 1.807) is 18.2 Å². The third kappa shape index (κ3) is 2.24. The van der Waals surface area contributed by atoms with Crippen molar-refractivity contribution in [1.29, 1.82) is 0 Å². The molecule has 3 rings (SSSR count). The number of anilines is 1. The zero-order chi connectivity index (χ0) is 14.1. The molecule has 0 aliphatic rings. The van der Waals surface area contributed by atoms with Crippen molar-refractivity contribution in [3.63, 3.8) is 0 Å². The number of amides is 1. The van der Waals surface area contributed by atoms with Crippen molar-refractivity contribution in [2.24, 2.45) is 0 Å². The number of aromatic amines is 2. The lowest BCUT2D eigenvalue weighted by Gasteiger charge is -2.05. The molecule has 7 heteroatoms. The Balaban J connectivity index is 1.86. The first-order valence-electron chi connectivity index (χ1n) is 5.84. The molecule has 0 radical (unpaired) electrons. The lowest BCUT2D eigenvalue weighted by atomic mass is 10.2. The van der Waals surface area contributed by atoms with E-state index >= 15 is 0 Å². The van der Waals surface area contributed by atoms with Crippen molar-refractivity contribution in [3.05, 3.63) is 64.0 Å². The van der Waals surface area contributed by atoms with Crippen LogP contribution in [0.1, 0.15) is 10.4 Å². The van der Waals surface area contributed by atoms with Gasteiger partial charge in [-0.1, -0.05) is 0 Å². The molecule has 1 amide bonds. The average molecular weight is 270 g/mol. The van der Waals surface area contributed by atoms with Crippen molar-refractivity contribution >= 4 is 22.6 Å². The zero-order valence-corrected chi connectivity index (χ0v) is 10.2. The van der Waals surface area contributed by atoms with E-state index in [0.717, 1.165) is 0 Å². The summed E-state index contributed by atoms with van der Waals surface area (Å²) < 4.78 is 0.605. The summed E-state index contributed by atoms with van der Waals surface area (Å²) in [6, 6.07) is 7.89. The second kappa shape index (κ2) is 4.54. The molecule has 0 spiro atoms. The Labute approximate surface area is 112 Å². The number of carbonyl (C=O) groups is 1. The van der Waals surface area contributed by atoms with Gasteiger partial charge in [0.05, 0.1) is 16.6 Å². The molecule has 2 aromatic heterocycles. The SMILES string of the molecule is O=C(Nc1ccc2[nH]c(=O)[nH]c2c1)c1cc[n+]([O-])cc1. The summed E-state index contributed by atoms with van der Waals surface area (Å²) in [5.41, 5.74) is 1.90. The van der Waals surface area contributed by atoms with Gasteiger partial charge in [0.1, 0.15) is 0 Å². The fourth-order valence-corrected chi connectivity index (χ4v) is 1.88. The maximum absolute atomic E-state index is 12.0. The second-order valence-corrected chi connectivity index (χ2v) is 4.24. The van der Waals surface area contributed by atoms with Crippen LogP contribution in [0.3, 0.4) is 0 Å². The summed E-state index contributed by atoms with van der Waals surface area (Å²) >= 11 is 0. The zero-order valence-electron chi connectivity index (χ0n) is 10.2. The Morgan fingerprint density at radius 2 is 1.80 bits per heavy atom. The van der Waals surface area contributed by atoms with Gasteiger partial charge in [0, 0.05) is 17.8 Å². The Bertz CT molecular complexity index is 833. The molecule has 3 aromatic rings. The monoisotopic (exact) mass is 270 g/mol. The molecule has 0 atom stereocenters.